The van der Waals surface area contributed by atoms with Crippen molar-refractivity contribution >= 4 is 5.91 Å². The Labute approximate surface area is 178 Å². The maximum Gasteiger partial charge on any atom is 0.224 e. The third-order valence-corrected chi connectivity index (χ3v) is 5.23. The fourth-order valence-electron chi connectivity index (χ4n) is 3.68. The number of aryl methyl sites for hydroxylation is 1. The summed E-state index contributed by atoms with van der Waals surface area (Å²) in [5.74, 6) is 1.37. The van der Waals surface area contributed by atoms with Crippen LogP contribution in [0.4, 0.5) is 0 Å². The van der Waals surface area contributed by atoms with Crippen LogP contribution in [0.1, 0.15) is 35.2 Å². The van der Waals surface area contributed by atoms with E-state index in [2.05, 4.69) is 24.4 Å². The van der Waals surface area contributed by atoms with Crippen molar-refractivity contribution in [3.63, 3.8) is 0 Å². The smallest absolute Gasteiger partial charge is 0.224 e. The summed E-state index contributed by atoms with van der Waals surface area (Å²) >= 11 is 0. The Bertz CT molecular complexity index is 955. The van der Waals surface area contributed by atoms with E-state index >= 15 is 0 Å². The van der Waals surface area contributed by atoms with Crippen LogP contribution in [-0.4, -0.2) is 20.1 Å². The molecule has 156 valence electrons. The van der Waals surface area contributed by atoms with Crippen molar-refractivity contribution in [3.05, 3.63) is 95.1 Å². The molecule has 0 aliphatic carbocycles. The average Bonchev–Trinajstić information content (AvgIpc) is 2.79. The molecule has 1 N–H and O–H groups in total. The summed E-state index contributed by atoms with van der Waals surface area (Å²) < 4.78 is 11.0. The molecule has 0 saturated heterocycles. The van der Waals surface area contributed by atoms with E-state index in [0.29, 0.717) is 24.3 Å². The molecule has 0 fully saturated rings. The van der Waals surface area contributed by atoms with E-state index in [-0.39, 0.29) is 11.9 Å². The Morgan fingerprint density at radius 3 is 2.00 bits per heavy atom. The van der Waals surface area contributed by atoms with Crippen molar-refractivity contribution in [1.82, 2.24) is 5.32 Å². The van der Waals surface area contributed by atoms with Gasteiger partial charge in [0.05, 0.1) is 26.7 Å². The van der Waals surface area contributed by atoms with Crippen LogP contribution in [0.25, 0.3) is 0 Å². The lowest BCUT2D eigenvalue weighted by molar-refractivity contribution is -0.121. The predicted molar refractivity (Wildman–Crippen MR) is 120 cm³/mol. The summed E-state index contributed by atoms with van der Waals surface area (Å²) in [6.45, 7) is 2.11. The first-order valence-electron chi connectivity index (χ1n) is 10.3. The van der Waals surface area contributed by atoms with Crippen molar-refractivity contribution in [1.29, 1.82) is 0 Å². The molecule has 0 aliphatic heterocycles. The molecule has 0 heterocycles. The highest BCUT2D eigenvalue weighted by molar-refractivity contribution is 5.79. The zero-order chi connectivity index (χ0) is 21.3. The highest BCUT2D eigenvalue weighted by Crippen LogP contribution is 2.34. The molecule has 0 aliphatic rings. The predicted octanol–water partition coefficient (Wildman–Crippen LogP) is 4.91. The molecule has 3 aromatic carbocycles. The Morgan fingerprint density at radius 1 is 0.867 bits per heavy atom. The molecule has 4 heteroatoms. The second-order valence-corrected chi connectivity index (χ2v) is 7.23. The van der Waals surface area contributed by atoms with Gasteiger partial charge in [-0.05, 0) is 47.2 Å². The fraction of sp³-hybridized carbons (Fsp3) is 0.269. The van der Waals surface area contributed by atoms with E-state index in [4.69, 9.17) is 9.47 Å². The minimum absolute atomic E-state index is 0.000955. The first kappa shape index (κ1) is 21.4. The lowest BCUT2D eigenvalue weighted by Crippen LogP contribution is -2.32. The minimum Gasteiger partial charge on any atom is -0.493 e. The van der Waals surface area contributed by atoms with Crippen LogP contribution in [0.3, 0.4) is 0 Å². The minimum atomic E-state index is -0.168. The first-order chi connectivity index (χ1) is 14.6. The monoisotopic (exact) mass is 403 g/mol. The van der Waals surface area contributed by atoms with E-state index in [9.17, 15) is 4.79 Å². The summed E-state index contributed by atoms with van der Waals surface area (Å²) in [7, 11) is 3.27. The van der Waals surface area contributed by atoms with Gasteiger partial charge in [-0.25, -0.2) is 0 Å². The van der Waals surface area contributed by atoms with Gasteiger partial charge in [0.1, 0.15) is 0 Å². The number of ether oxygens (including phenoxy) is 2. The zero-order valence-electron chi connectivity index (χ0n) is 17.9. The summed E-state index contributed by atoms with van der Waals surface area (Å²) in [5, 5.41) is 3.26. The largest absolute Gasteiger partial charge is 0.493 e. The molecule has 1 atom stereocenters. The van der Waals surface area contributed by atoms with Crippen LogP contribution in [0.15, 0.2) is 72.8 Å². The molecule has 0 radical (unpaired) electrons. The highest BCUT2D eigenvalue weighted by atomic mass is 16.5. The summed E-state index contributed by atoms with van der Waals surface area (Å²) in [5.41, 5.74) is 4.35. The maximum absolute atomic E-state index is 12.9. The molecule has 30 heavy (non-hydrogen) atoms. The van der Waals surface area contributed by atoms with E-state index in [1.165, 1.54) is 5.56 Å². The number of hydrogen-bond acceptors (Lipinski definition) is 3. The van der Waals surface area contributed by atoms with Gasteiger partial charge < -0.3 is 14.8 Å². The van der Waals surface area contributed by atoms with E-state index in [0.717, 1.165) is 23.1 Å². The molecule has 0 bridgehead atoms. The van der Waals surface area contributed by atoms with Crippen LogP contribution < -0.4 is 14.8 Å². The second kappa shape index (κ2) is 10.5. The second-order valence-electron chi connectivity index (χ2n) is 7.23. The molecule has 3 aromatic rings. The Kier molecular flexibility index (Phi) is 7.50. The molecule has 3 rings (SSSR count). The highest BCUT2D eigenvalue weighted by Gasteiger charge is 2.21. The van der Waals surface area contributed by atoms with Crippen LogP contribution in [-0.2, 0) is 24.1 Å². The number of amides is 1. The van der Waals surface area contributed by atoms with Gasteiger partial charge in [0.25, 0.3) is 0 Å². The molecule has 1 unspecified atom stereocenters. The van der Waals surface area contributed by atoms with Gasteiger partial charge in [-0.1, -0.05) is 67.6 Å². The van der Waals surface area contributed by atoms with Crippen molar-refractivity contribution in [2.24, 2.45) is 0 Å². The molecule has 4 nitrogen and oxygen atoms in total. The van der Waals surface area contributed by atoms with Crippen molar-refractivity contribution < 1.29 is 14.3 Å². The molecule has 0 spiro atoms. The Morgan fingerprint density at radius 2 is 1.43 bits per heavy atom. The lowest BCUT2D eigenvalue weighted by Gasteiger charge is -2.24. The number of hydrogen-bond donors (Lipinski definition) is 1. The van der Waals surface area contributed by atoms with Crippen LogP contribution in [0.2, 0.25) is 0 Å². The van der Waals surface area contributed by atoms with Crippen LogP contribution in [0, 0.1) is 0 Å². The van der Waals surface area contributed by atoms with Gasteiger partial charge in [0.2, 0.25) is 5.91 Å². The van der Waals surface area contributed by atoms with E-state index in [1.807, 2.05) is 60.7 Å². The summed E-state index contributed by atoms with van der Waals surface area (Å²) in [4.78, 5) is 12.9. The molecule has 0 aromatic heterocycles. The van der Waals surface area contributed by atoms with Crippen molar-refractivity contribution in [2.45, 2.75) is 32.2 Å². The molecule has 0 saturated carbocycles. The van der Waals surface area contributed by atoms with Gasteiger partial charge in [-0.2, -0.15) is 0 Å². The summed E-state index contributed by atoms with van der Waals surface area (Å²) in [6, 6.07) is 23.9. The van der Waals surface area contributed by atoms with Gasteiger partial charge >= 0.3 is 0 Å². The zero-order valence-corrected chi connectivity index (χ0v) is 17.9. The van der Waals surface area contributed by atoms with Crippen molar-refractivity contribution in [2.75, 3.05) is 14.2 Å². The number of carbonyl (C=O) groups excluding carboxylic acids is 1. The number of methoxy groups -OCH3 is 2. The first-order valence-corrected chi connectivity index (χ1v) is 10.3. The maximum atomic E-state index is 12.9. The van der Waals surface area contributed by atoms with Gasteiger partial charge in [-0.3, -0.25) is 4.79 Å². The van der Waals surface area contributed by atoms with Gasteiger partial charge in [0.15, 0.2) is 11.5 Å². The number of benzene rings is 3. The SMILES string of the molecule is CCc1cc(OC)c(OC)cc1C(Cc1ccccc1)NC(=O)Cc1ccccc1. The molecular formula is C26H29NO3. The van der Waals surface area contributed by atoms with E-state index < -0.39 is 0 Å². The average molecular weight is 404 g/mol. The van der Waals surface area contributed by atoms with Gasteiger partial charge in [0, 0.05) is 0 Å². The van der Waals surface area contributed by atoms with Crippen molar-refractivity contribution in [3.8, 4) is 11.5 Å². The molecule has 1 amide bonds. The molecular weight excluding hydrogens is 374 g/mol. The third-order valence-electron chi connectivity index (χ3n) is 5.23. The summed E-state index contributed by atoms with van der Waals surface area (Å²) in [6.07, 6.45) is 1.88. The standard InChI is InChI=1S/C26H29NO3/c1-4-21-17-24(29-2)25(30-3)18-22(21)23(15-19-11-7-5-8-12-19)27-26(28)16-20-13-9-6-10-14-20/h5-14,17-18,23H,4,15-16H2,1-3H3,(H,27,28). The van der Waals surface area contributed by atoms with Crippen LogP contribution in [0.5, 0.6) is 11.5 Å². The topological polar surface area (TPSA) is 47.6 Å². The number of nitrogens with one attached hydrogen (secondary N) is 1. The quantitative estimate of drug-likeness (QED) is 0.552. The fourth-order valence-corrected chi connectivity index (χ4v) is 3.68. The van der Waals surface area contributed by atoms with Gasteiger partial charge in [-0.15, -0.1) is 0 Å². The Balaban J connectivity index is 1.93. The lowest BCUT2D eigenvalue weighted by atomic mass is 9.92. The number of rotatable bonds is 9. The van der Waals surface area contributed by atoms with E-state index in [1.54, 1.807) is 14.2 Å². The third kappa shape index (κ3) is 5.41. The number of carbonyl (C=O) groups is 1. The normalized spacial score (nSPS) is 11.6. The Hall–Kier alpha value is -3.27. The van der Waals surface area contributed by atoms with Crippen LogP contribution >= 0.6 is 0 Å².